The summed E-state index contributed by atoms with van der Waals surface area (Å²) in [6.45, 7) is 2.16. The number of ether oxygens (including phenoxy) is 1. The van der Waals surface area contributed by atoms with E-state index in [-0.39, 0.29) is 18.0 Å². The Morgan fingerprint density at radius 3 is 2.69 bits per heavy atom. The number of hydrogen-bond acceptors (Lipinski definition) is 4. The number of rotatable bonds is 6. The predicted octanol–water partition coefficient (Wildman–Crippen LogP) is 5.98. The molecule has 0 saturated carbocycles. The Hall–Kier alpha value is -3.03. The molecule has 4 rings (SSSR count). The molecule has 1 heterocycles. The number of fused-ring (bicyclic) bond motifs is 1. The lowest BCUT2D eigenvalue weighted by molar-refractivity contribution is 0.305. The molecule has 0 saturated heterocycles. The SMILES string of the molecule is CCc1nc2ccc(Br)cc2c(=O)n1N=Cc1cc(Cl)ccc1OCc1ccc(F)cc1. The Bertz CT molecular complexity index is 1370. The largest absolute Gasteiger partial charge is 0.488 e. The summed E-state index contributed by atoms with van der Waals surface area (Å²) >= 11 is 9.57. The summed E-state index contributed by atoms with van der Waals surface area (Å²) in [6.07, 6.45) is 2.06. The summed E-state index contributed by atoms with van der Waals surface area (Å²) in [6, 6.07) is 16.6. The smallest absolute Gasteiger partial charge is 0.282 e. The Balaban J connectivity index is 1.69. The monoisotopic (exact) mass is 513 g/mol. The molecule has 0 unspecified atom stereocenters. The first-order chi connectivity index (χ1) is 15.4. The van der Waals surface area contributed by atoms with Crippen molar-refractivity contribution in [3.05, 3.63) is 103 Å². The van der Waals surface area contributed by atoms with Crippen molar-refractivity contribution in [1.82, 2.24) is 9.66 Å². The zero-order valence-electron chi connectivity index (χ0n) is 17.1. The first-order valence-corrected chi connectivity index (χ1v) is 11.0. The number of nitrogens with zero attached hydrogens (tertiary/aromatic N) is 3. The summed E-state index contributed by atoms with van der Waals surface area (Å²) in [4.78, 5) is 17.6. The average molecular weight is 515 g/mol. The molecule has 0 fully saturated rings. The molecule has 0 N–H and O–H groups in total. The van der Waals surface area contributed by atoms with Gasteiger partial charge in [-0.1, -0.05) is 46.6 Å². The third-order valence-corrected chi connectivity index (χ3v) is 5.51. The number of hydrogen-bond donors (Lipinski definition) is 0. The molecule has 0 aliphatic heterocycles. The van der Waals surface area contributed by atoms with Crippen LogP contribution < -0.4 is 10.3 Å². The summed E-state index contributed by atoms with van der Waals surface area (Å²) in [5.74, 6) is 0.767. The zero-order chi connectivity index (χ0) is 22.7. The van der Waals surface area contributed by atoms with Crippen LogP contribution in [0.15, 0.2) is 75.0 Å². The van der Waals surface area contributed by atoms with Crippen LogP contribution in [-0.2, 0) is 13.0 Å². The maximum absolute atomic E-state index is 13.1. The lowest BCUT2D eigenvalue weighted by atomic mass is 10.2. The normalized spacial score (nSPS) is 11.4. The van der Waals surface area contributed by atoms with Crippen molar-refractivity contribution in [2.45, 2.75) is 20.0 Å². The molecular formula is C24H18BrClFN3O2. The molecule has 1 aromatic heterocycles. The lowest BCUT2D eigenvalue weighted by Crippen LogP contribution is -2.22. The van der Waals surface area contributed by atoms with Crippen molar-refractivity contribution in [3.8, 4) is 5.75 Å². The third-order valence-electron chi connectivity index (χ3n) is 4.78. The number of aryl methyl sites for hydroxylation is 1. The van der Waals surface area contributed by atoms with Crippen molar-refractivity contribution >= 4 is 44.6 Å². The lowest BCUT2D eigenvalue weighted by Gasteiger charge is -2.11. The molecule has 3 aromatic carbocycles. The molecule has 0 amide bonds. The highest BCUT2D eigenvalue weighted by Crippen LogP contribution is 2.23. The van der Waals surface area contributed by atoms with Crippen LogP contribution in [0, 0.1) is 5.82 Å². The molecule has 8 heteroatoms. The Kier molecular flexibility index (Phi) is 6.67. The number of aromatic nitrogens is 2. The molecule has 4 aromatic rings. The van der Waals surface area contributed by atoms with Crippen molar-refractivity contribution in [2.24, 2.45) is 5.10 Å². The van der Waals surface area contributed by atoms with E-state index in [9.17, 15) is 9.18 Å². The van der Waals surface area contributed by atoms with Gasteiger partial charge >= 0.3 is 0 Å². The van der Waals surface area contributed by atoms with Gasteiger partial charge in [-0.2, -0.15) is 9.78 Å². The van der Waals surface area contributed by atoms with Crippen LogP contribution in [0.25, 0.3) is 10.9 Å². The predicted molar refractivity (Wildman–Crippen MR) is 128 cm³/mol. The molecule has 0 aliphatic rings. The van der Waals surface area contributed by atoms with E-state index in [2.05, 4.69) is 26.0 Å². The molecule has 0 aliphatic carbocycles. The van der Waals surface area contributed by atoms with Gasteiger partial charge in [0.2, 0.25) is 0 Å². The fraction of sp³-hybridized carbons (Fsp3) is 0.125. The van der Waals surface area contributed by atoms with Gasteiger partial charge in [0.15, 0.2) is 0 Å². The quantitative estimate of drug-likeness (QED) is 0.298. The van der Waals surface area contributed by atoms with E-state index in [1.54, 1.807) is 42.5 Å². The highest BCUT2D eigenvalue weighted by Gasteiger charge is 2.10. The fourth-order valence-corrected chi connectivity index (χ4v) is 3.70. The number of halogens is 3. The van der Waals surface area contributed by atoms with Gasteiger partial charge < -0.3 is 4.74 Å². The summed E-state index contributed by atoms with van der Waals surface area (Å²) in [5, 5.41) is 5.38. The maximum Gasteiger partial charge on any atom is 0.282 e. The van der Waals surface area contributed by atoms with Gasteiger partial charge in [-0.15, -0.1) is 0 Å². The van der Waals surface area contributed by atoms with Crippen molar-refractivity contribution in [3.63, 3.8) is 0 Å². The molecule has 32 heavy (non-hydrogen) atoms. The van der Waals surface area contributed by atoms with E-state index in [0.717, 1.165) is 10.0 Å². The van der Waals surface area contributed by atoms with Crippen LogP contribution in [0.2, 0.25) is 5.02 Å². The molecule has 0 spiro atoms. The molecule has 0 bridgehead atoms. The van der Waals surface area contributed by atoms with Crippen LogP contribution in [0.1, 0.15) is 23.9 Å². The minimum absolute atomic E-state index is 0.245. The minimum atomic E-state index is -0.304. The molecule has 5 nitrogen and oxygen atoms in total. The second-order valence-electron chi connectivity index (χ2n) is 7.00. The molecule has 162 valence electrons. The standard InChI is InChI=1S/C24H18BrClFN3O2/c1-2-23-29-21-9-5-17(25)12-20(21)24(31)30(23)28-13-16-11-18(26)6-10-22(16)32-14-15-3-7-19(27)8-4-15/h3-13H,2,14H2,1H3. The van der Waals surface area contributed by atoms with Gasteiger partial charge in [-0.3, -0.25) is 4.79 Å². The summed E-state index contributed by atoms with van der Waals surface area (Å²) in [7, 11) is 0. The van der Waals surface area contributed by atoms with Crippen molar-refractivity contribution in [2.75, 3.05) is 0 Å². The third kappa shape index (κ3) is 4.89. The van der Waals surface area contributed by atoms with E-state index in [0.29, 0.717) is 39.5 Å². The van der Waals surface area contributed by atoms with Crippen LogP contribution in [-0.4, -0.2) is 15.9 Å². The van der Waals surface area contributed by atoms with Crippen molar-refractivity contribution in [1.29, 1.82) is 0 Å². The van der Waals surface area contributed by atoms with Crippen LogP contribution in [0.4, 0.5) is 4.39 Å². The second kappa shape index (κ2) is 9.63. The van der Waals surface area contributed by atoms with Crippen molar-refractivity contribution < 1.29 is 9.13 Å². The van der Waals surface area contributed by atoms with E-state index >= 15 is 0 Å². The molecule has 0 atom stereocenters. The Labute approximate surface area is 197 Å². The van der Waals surface area contributed by atoms with Gasteiger partial charge in [0, 0.05) is 21.5 Å². The minimum Gasteiger partial charge on any atom is -0.488 e. The highest BCUT2D eigenvalue weighted by molar-refractivity contribution is 9.10. The second-order valence-corrected chi connectivity index (χ2v) is 8.35. The van der Waals surface area contributed by atoms with Gasteiger partial charge in [0.1, 0.15) is 24.0 Å². The van der Waals surface area contributed by atoms with Crippen LogP contribution in [0.5, 0.6) is 5.75 Å². The van der Waals surface area contributed by atoms with Crippen LogP contribution in [0.3, 0.4) is 0 Å². The molecular weight excluding hydrogens is 497 g/mol. The Morgan fingerprint density at radius 2 is 1.94 bits per heavy atom. The van der Waals surface area contributed by atoms with Gasteiger partial charge in [-0.05, 0) is 54.1 Å². The zero-order valence-corrected chi connectivity index (χ0v) is 19.4. The molecule has 0 radical (unpaired) electrons. The highest BCUT2D eigenvalue weighted by atomic mass is 79.9. The summed E-state index contributed by atoms with van der Waals surface area (Å²) < 4.78 is 21.1. The Morgan fingerprint density at radius 1 is 1.16 bits per heavy atom. The van der Waals surface area contributed by atoms with E-state index in [4.69, 9.17) is 16.3 Å². The topological polar surface area (TPSA) is 56.5 Å². The number of benzene rings is 3. The van der Waals surface area contributed by atoms with E-state index < -0.39 is 0 Å². The van der Waals surface area contributed by atoms with Gasteiger partial charge in [-0.25, -0.2) is 9.37 Å². The average Bonchev–Trinajstić information content (AvgIpc) is 2.79. The van der Waals surface area contributed by atoms with Gasteiger partial charge in [0.05, 0.1) is 17.1 Å². The summed E-state index contributed by atoms with van der Waals surface area (Å²) in [5.41, 5.74) is 1.77. The fourth-order valence-electron chi connectivity index (χ4n) is 3.16. The first-order valence-electron chi connectivity index (χ1n) is 9.87. The van der Waals surface area contributed by atoms with E-state index in [1.807, 2.05) is 13.0 Å². The first kappa shape index (κ1) is 22.2. The van der Waals surface area contributed by atoms with Gasteiger partial charge in [0.25, 0.3) is 5.56 Å². The maximum atomic E-state index is 13.1. The van der Waals surface area contributed by atoms with E-state index in [1.165, 1.54) is 23.0 Å². The van der Waals surface area contributed by atoms with Crippen LogP contribution >= 0.6 is 27.5 Å².